The van der Waals surface area contributed by atoms with Crippen LogP contribution in [0.3, 0.4) is 0 Å². The highest BCUT2D eigenvalue weighted by Crippen LogP contribution is 2.32. The van der Waals surface area contributed by atoms with Gasteiger partial charge >= 0.3 is 0 Å². The second kappa shape index (κ2) is 6.72. The van der Waals surface area contributed by atoms with Gasteiger partial charge in [0.05, 0.1) is 37.9 Å². The Morgan fingerprint density at radius 1 is 0.923 bits per heavy atom. The van der Waals surface area contributed by atoms with Crippen LogP contribution < -0.4 is 14.8 Å². The zero-order chi connectivity index (χ0) is 17.9. The number of nitrogens with one attached hydrogen (secondary N) is 1. The van der Waals surface area contributed by atoms with Crippen LogP contribution >= 0.6 is 0 Å². The number of hydrogen-bond acceptors (Lipinski definition) is 6. The summed E-state index contributed by atoms with van der Waals surface area (Å²) in [4.78, 5) is 8.89. The van der Waals surface area contributed by atoms with Crippen molar-refractivity contribution < 1.29 is 9.47 Å². The first-order valence-corrected chi connectivity index (χ1v) is 8.03. The highest BCUT2D eigenvalue weighted by Gasteiger charge is 2.13. The summed E-state index contributed by atoms with van der Waals surface area (Å²) in [5, 5.41) is 7.63. The molecular weight excluding hydrogens is 330 g/mol. The molecule has 26 heavy (non-hydrogen) atoms. The average molecular weight is 347 g/mol. The van der Waals surface area contributed by atoms with E-state index in [2.05, 4.69) is 15.4 Å². The smallest absolute Gasteiger partial charge is 0.213 e. The van der Waals surface area contributed by atoms with Crippen LogP contribution in [0.4, 0.5) is 11.5 Å². The van der Waals surface area contributed by atoms with Crippen LogP contribution in [0.2, 0.25) is 0 Å². The van der Waals surface area contributed by atoms with Crippen LogP contribution in [0.25, 0.3) is 16.8 Å². The molecule has 7 heteroatoms. The third-order valence-corrected chi connectivity index (χ3v) is 3.98. The van der Waals surface area contributed by atoms with E-state index in [1.165, 1.54) is 0 Å². The first-order valence-electron chi connectivity index (χ1n) is 8.03. The zero-order valence-corrected chi connectivity index (χ0v) is 14.4. The number of rotatable bonds is 5. The Bertz CT molecular complexity index is 1040. The monoisotopic (exact) mass is 347 g/mol. The number of para-hydroxylation sites is 1. The van der Waals surface area contributed by atoms with Gasteiger partial charge in [-0.05, 0) is 18.2 Å². The van der Waals surface area contributed by atoms with Crippen LogP contribution in [-0.4, -0.2) is 33.8 Å². The molecule has 7 nitrogen and oxygen atoms in total. The number of ether oxygens (including phenoxy) is 2. The summed E-state index contributed by atoms with van der Waals surface area (Å²) in [6.45, 7) is 0. The molecule has 3 aromatic heterocycles. The quantitative estimate of drug-likeness (QED) is 0.595. The molecule has 0 saturated carbocycles. The van der Waals surface area contributed by atoms with Crippen molar-refractivity contribution >= 4 is 17.2 Å². The van der Waals surface area contributed by atoms with Gasteiger partial charge in [0.1, 0.15) is 11.6 Å². The molecular formula is C19H17N5O2. The molecule has 130 valence electrons. The second-order valence-electron chi connectivity index (χ2n) is 5.55. The molecule has 0 unspecified atom stereocenters. The van der Waals surface area contributed by atoms with Crippen molar-refractivity contribution in [1.82, 2.24) is 19.6 Å². The zero-order valence-electron chi connectivity index (χ0n) is 14.4. The van der Waals surface area contributed by atoms with Crippen molar-refractivity contribution in [3.05, 3.63) is 61.1 Å². The maximum absolute atomic E-state index is 5.47. The molecule has 0 aliphatic heterocycles. The number of nitrogens with zero attached hydrogens (tertiary/aromatic N) is 4. The summed E-state index contributed by atoms with van der Waals surface area (Å²) in [6.07, 6.45) is 5.35. The standard InChI is InChI=1S/C19H17N5O2/c1-25-16-6-4-3-5-14(16)15-12-21-24-10-9-17(23-19(15)24)22-13-7-8-18(26-2)20-11-13/h3-12H,1-2H3,(H,22,23). The fraction of sp³-hybridized carbons (Fsp3) is 0.105. The molecule has 0 bridgehead atoms. The summed E-state index contributed by atoms with van der Waals surface area (Å²) in [5.41, 5.74) is 3.40. The van der Waals surface area contributed by atoms with E-state index < -0.39 is 0 Å². The summed E-state index contributed by atoms with van der Waals surface area (Å²) >= 11 is 0. The van der Waals surface area contributed by atoms with Crippen molar-refractivity contribution in [1.29, 1.82) is 0 Å². The molecule has 0 amide bonds. The summed E-state index contributed by atoms with van der Waals surface area (Å²) in [6, 6.07) is 13.3. The lowest BCUT2D eigenvalue weighted by Gasteiger charge is -2.08. The van der Waals surface area contributed by atoms with E-state index in [9.17, 15) is 0 Å². The maximum atomic E-state index is 5.47. The van der Waals surface area contributed by atoms with Gasteiger partial charge in [-0.3, -0.25) is 0 Å². The molecule has 0 fully saturated rings. The Morgan fingerprint density at radius 2 is 1.81 bits per heavy atom. The predicted octanol–water partition coefficient (Wildman–Crippen LogP) is 3.55. The number of aromatic nitrogens is 4. The SMILES string of the molecule is COc1ccc(Nc2ccn3ncc(-c4ccccc4OC)c3n2)cn1. The third kappa shape index (κ3) is 2.90. The molecule has 0 aliphatic rings. The maximum Gasteiger partial charge on any atom is 0.213 e. The van der Waals surface area contributed by atoms with Gasteiger partial charge in [0.15, 0.2) is 5.65 Å². The van der Waals surface area contributed by atoms with Crippen molar-refractivity contribution in [2.75, 3.05) is 19.5 Å². The Kier molecular flexibility index (Phi) is 4.10. The minimum atomic E-state index is 0.563. The van der Waals surface area contributed by atoms with Gasteiger partial charge in [-0.1, -0.05) is 18.2 Å². The van der Waals surface area contributed by atoms with Gasteiger partial charge in [-0.25, -0.2) is 14.5 Å². The number of hydrogen-bond donors (Lipinski definition) is 1. The topological polar surface area (TPSA) is 73.6 Å². The summed E-state index contributed by atoms with van der Waals surface area (Å²) in [5.74, 6) is 2.04. The van der Waals surface area contributed by atoms with Crippen molar-refractivity contribution in [3.8, 4) is 22.8 Å². The first-order chi connectivity index (χ1) is 12.8. The van der Waals surface area contributed by atoms with Crippen LogP contribution in [0.15, 0.2) is 61.1 Å². The van der Waals surface area contributed by atoms with Gasteiger partial charge in [0.25, 0.3) is 0 Å². The average Bonchev–Trinajstić information content (AvgIpc) is 3.11. The van der Waals surface area contributed by atoms with E-state index in [-0.39, 0.29) is 0 Å². The molecule has 4 rings (SSSR count). The molecule has 0 spiro atoms. The van der Waals surface area contributed by atoms with Crippen molar-refractivity contribution in [2.45, 2.75) is 0 Å². The lowest BCUT2D eigenvalue weighted by molar-refractivity contribution is 0.398. The summed E-state index contributed by atoms with van der Waals surface area (Å²) in [7, 11) is 3.24. The van der Waals surface area contributed by atoms with E-state index in [4.69, 9.17) is 14.5 Å². The lowest BCUT2D eigenvalue weighted by atomic mass is 10.1. The van der Waals surface area contributed by atoms with E-state index in [1.807, 2.05) is 42.6 Å². The van der Waals surface area contributed by atoms with E-state index in [1.54, 1.807) is 37.2 Å². The van der Waals surface area contributed by atoms with Gasteiger partial charge in [-0.2, -0.15) is 5.10 Å². The van der Waals surface area contributed by atoms with Gasteiger partial charge < -0.3 is 14.8 Å². The lowest BCUT2D eigenvalue weighted by Crippen LogP contribution is -1.98. The van der Waals surface area contributed by atoms with E-state index in [0.29, 0.717) is 11.7 Å². The van der Waals surface area contributed by atoms with E-state index >= 15 is 0 Å². The molecule has 1 aromatic carbocycles. The Labute approximate surface area is 150 Å². The van der Waals surface area contributed by atoms with Crippen LogP contribution in [0.1, 0.15) is 0 Å². The second-order valence-corrected chi connectivity index (χ2v) is 5.55. The summed E-state index contributed by atoms with van der Waals surface area (Å²) < 4.78 is 12.3. The van der Waals surface area contributed by atoms with Crippen molar-refractivity contribution in [2.24, 2.45) is 0 Å². The largest absolute Gasteiger partial charge is 0.496 e. The van der Waals surface area contributed by atoms with E-state index in [0.717, 1.165) is 28.2 Å². The minimum Gasteiger partial charge on any atom is -0.496 e. The van der Waals surface area contributed by atoms with Gasteiger partial charge in [-0.15, -0.1) is 0 Å². The van der Waals surface area contributed by atoms with Crippen LogP contribution in [0, 0.1) is 0 Å². The first kappa shape index (κ1) is 15.9. The normalized spacial score (nSPS) is 10.7. The third-order valence-electron chi connectivity index (χ3n) is 3.98. The van der Waals surface area contributed by atoms with Crippen LogP contribution in [-0.2, 0) is 0 Å². The highest BCUT2D eigenvalue weighted by molar-refractivity contribution is 5.81. The number of pyridine rings is 1. The number of anilines is 2. The molecule has 0 radical (unpaired) electrons. The Hall–Kier alpha value is -3.61. The Balaban J connectivity index is 1.72. The fourth-order valence-corrected chi connectivity index (χ4v) is 2.72. The van der Waals surface area contributed by atoms with Crippen LogP contribution in [0.5, 0.6) is 11.6 Å². The molecule has 0 saturated heterocycles. The number of benzene rings is 1. The fourth-order valence-electron chi connectivity index (χ4n) is 2.72. The Morgan fingerprint density at radius 3 is 2.58 bits per heavy atom. The molecule has 3 heterocycles. The van der Waals surface area contributed by atoms with Gasteiger partial charge in [0.2, 0.25) is 5.88 Å². The van der Waals surface area contributed by atoms with Crippen molar-refractivity contribution in [3.63, 3.8) is 0 Å². The highest BCUT2D eigenvalue weighted by atomic mass is 16.5. The predicted molar refractivity (Wildman–Crippen MR) is 99.0 cm³/mol. The number of methoxy groups -OCH3 is 2. The molecule has 4 aromatic rings. The number of fused-ring (bicyclic) bond motifs is 1. The molecule has 1 N–H and O–H groups in total. The molecule has 0 atom stereocenters. The van der Waals surface area contributed by atoms with Gasteiger partial charge in [0, 0.05) is 17.8 Å². The molecule has 0 aliphatic carbocycles. The minimum absolute atomic E-state index is 0.563.